The number of piperidine rings is 1. The quantitative estimate of drug-likeness (QED) is 0.722. The molecule has 2 heterocycles. The lowest BCUT2D eigenvalue weighted by atomic mass is 9.95. The van der Waals surface area contributed by atoms with E-state index in [0.29, 0.717) is 6.54 Å². The van der Waals surface area contributed by atoms with Gasteiger partial charge in [-0.2, -0.15) is 0 Å². The summed E-state index contributed by atoms with van der Waals surface area (Å²) in [7, 11) is 1.91. The molecule has 1 aliphatic heterocycles. The third-order valence-electron chi connectivity index (χ3n) is 4.89. The molecule has 0 saturated carbocycles. The predicted octanol–water partition coefficient (Wildman–Crippen LogP) is 2.11. The van der Waals surface area contributed by atoms with E-state index < -0.39 is 11.9 Å². The van der Waals surface area contributed by atoms with Gasteiger partial charge >= 0.3 is 11.9 Å². The average molecular weight is 413 g/mol. The zero-order valence-electron chi connectivity index (χ0n) is 17.0. The molecular weight excluding hydrogens is 386 g/mol. The Labute approximate surface area is 175 Å². The minimum atomic E-state index is -1.82. The van der Waals surface area contributed by atoms with Gasteiger partial charge in [-0.1, -0.05) is 36.4 Å². The first-order valence-corrected chi connectivity index (χ1v) is 9.73. The second kappa shape index (κ2) is 11.7. The van der Waals surface area contributed by atoms with Gasteiger partial charge in [0.1, 0.15) is 0 Å². The second-order valence-electron chi connectivity index (χ2n) is 7.20. The van der Waals surface area contributed by atoms with Crippen molar-refractivity contribution in [3.05, 3.63) is 66.0 Å². The Morgan fingerprint density at radius 2 is 1.60 bits per heavy atom. The monoisotopic (exact) mass is 413 g/mol. The molecule has 2 aromatic rings. The van der Waals surface area contributed by atoms with E-state index in [4.69, 9.17) is 19.8 Å². The Bertz CT molecular complexity index is 809. The summed E-state index contributed by atoms with van der Waals surface area (Å²) in [5.74, 6) is -3.21. The van der Waals surface area contributed by atoms with Crippen LogP contribution in [0.4, 0.5) is 0 Å². The van der Waals surface area contributed by atoms with Crippen LogP contribution in [0.25, 0.3) is 0 Å². The van der Waals surface area contributed by atoms with Crippen molar-refractivity contribution in [2.24, 2.45) is 5.92 Å². The fourth-order valence-electron chi connectivity index (χ4n) is 3.33. The Kier molecular flexibility index (Phi) is 8.96. The fourth-order valence-corrected chi connectivity index (χ4v) is 3.33. The van der Waals surface area contributed by atoms with Crippen molar-refractivity contribution in [3.8, 4) is 0 Å². The van der Waals surface area contributed by atoms with Crippen molar-refractivity contribution in [2.75, 3.05) is 20.1 Å². The van der Waals surface area contributed by atoms with Crippen molar-refractivity contribution < 1.29 is 24.6 Å². The average Bonchev–Trinajstić information content (AvgIpc) is 2.75. The van der Waals surface area contributed by atoms with E-state index >= 15 is 0 Å². The molecule has 8 heteroatoms. The highest BCUT2D eigenvalue weighted by Gasteiger charge is 2.27. The number of carbonyl (C=O) groups is 3. The Balaban J connectivity index is 0.000000469. The number of pyridine rings is 1. The molecule has 160 valence electrons. The van der Waals surface area contributed by atoms with Crippen molar-refractivity contribution >= 4 is 17.8 Å². The maximum Gasteiger partial charge on any atom is 0.414 e. The van der Waals surface area contributed by atoms with Gasteiger partial charge in [0.05, 0.1) is 0 Å². The van der Waals surface area contributed by atoms with Crippen molar-refractivity contribution in [3.63, 3.8) is 0 Å². The zero-order valence-corrected chi connectivity index (χ0v) is 17.0. The third-order valence-corrected chi connectivity index (χ3v) is 4.89. The summed E-state index contributed by atoms with van der Waals surface area (Å²) in [5, 5.41) is 14.8. The lowest BCUT2D eigenvalue weighted by Gasteiger charge is -2.33. The van der Waals surface area contributed by atoms with Crippen LogP contribution in [0, 0.1) is 5.92 Å². The van der Waals surface area contributed by atoms with Gasteiger partial charge in [-0.25, -0.2) is 9.59 Å². The van der Waals surface area contributed by atoms with Crippen LogP contribution in [0.1, 0.15) is 24.0 Å². The Hall–Kier alpha value is -3.26. The van der Waals surface area contributed by atoms with Gasteiger partial charge in [0.15, 0.2) is 0 Å². The number of carboxylic acids is 2. The molecule has 1 aromatic carbocycles. The Morgan fingerprint density at radius 1 is 1.00 bits per heavy atom. The molecule has 0 atom stereocenters. The van der Waals surface area contributed by atoms with Crippen LogP contribution in [0.5, 0.6) is 0 Å². The molecule has 1 amide bonds. The molecule has 0 bridgehead atoms. The molecule has 0 aliphatic carbocycles. The van der Waals surface area contributed by atoms with Crippen molar-refractivity contribution in [1.82, 2.24) is 14.8 Å². The van der Waals surface area contributed by atoms with Gasteiger partial charge in [-0.3, -0.25) is 14.7 Å². The molecule has 1 fully saturated rings. The highest BCUT2D eigenvalue weighted by molar-refractivity contribution is 6.27. The molecule has 3 rings (SSSR count). The summed E-state index contributed by atoms with van der Waals surface area (Å²) in [6.07, 6.45) is 5.61. The molecule has 2 N–H and O–H groups in total. The number of rotatable bonds is 5. The molecule has 0 radical (unpaired) electrons. The largest absolute Gasteiger partial charge is 0.473 e. The maximum absolute atomic E-state index is 12.7. The molecule has 8 nitrogen and oxygen atoms in total. The van der Waals surface area contributed by atoms with E-state index in [2.05, 4.69) is 28.1 Å². The normalized spacial score (nSPS) is 14.3. The summed E-state index contributed by atoms with van der Waals surface area (Å²) in [6.45, 7) is 3.57. The minimum Gasteiger partial charge on any atom is -0.473 e. The number of amides is 1. The third kappa shape index (κ3) is 7.63. The molecule has 30 heavy (non-hydrogen) atoms. The van der Waals surface area contributed by atoms with Crippen LogP contribution in [-0.4, -0.2) is 63.0 Å². The first-order valence-electron chi connectivity index (χ1n) is 9.73. The zero-order chi connectivity index (χ0) is 21.9. The van der Waals surface area contributed by atoms with Crippen molar-refractivity contribution in [1.29, 1.82) is 0 Å². The van der Waals surface area contributed by atoms with Crippen LogP contribution in [0.15, 0.2) is 54.9 Å². The fraction of sp³-hybridized carbons (Fsp3) is 0.364. The van der Waals surface area contributed by atoms with Crippen molar-refractivity contribution in [2.45, 2.75) is 25.9 Å². The smallest absolute Gasteiger partial charge is 0.414 e. The van der Waals surface area contributed by atoms with Crippen LogP contribution in [-0.2, 0) is 27.5 Å². The molecule has 1 saturated heterocycles. The lowest BCUT2D eigenvalue weighted by molar-refractivity contribution is -0.159. The number of carbonyl (C=O) groups excluding carboxylic acids is 1. The number of hydrogen-bond acceptors (Lipinski definition) is 5. The van der Waals surface area contributed by atoms with Gasteiger partial charge in [-0.05, 0) is 43.1 Å². The second-order valence-corrected chi connectivity index (χ2v) is 7.20. The lowest BCUT2D eigenvalue weighted by Crippen LogP contribution is -2.40. The standard InChI is InChI=1S/C20H25N3O.C2H2O4/c1-22(15-17-6-3-2-4-7-17)20(24)19-9-12-23(13-10-19)16-18-8-5-11-21-14-18;3-1(4)2(5)6/h2-8,11,14,19H,9-10,12-13,15-16H2,1H3;(H,3,4)(H,5,6). The highest BCUT2D eigenvalue weighted by atomic mass is 16.4. The number of carboxylic acid groups (broad SMARTS) is 2. The minimum absolute atomic E-state index is 0.156. The first-order chi connectivity index (χ1) is 14.4. The molecular formula is C22H27N3O5. The van der Waals surface area contributed by atoms with Crippen LogP contribution in [0.2, 0.25) is 0 Å². The van der Waals surface area contributed by atoms with Crippen LogP contribution < -0.4 is 0 Å². The molecule has 0 unspecified atom stereocenters. The van der Waals surface area contributed by atoms with E-state index in [1.54, 1.807) is 6.20 Å². The number of nitrogens with zero attached hydrogens (tertiary/aromatic N) is 3. The summed E-state index contributed by atoms with van der Waals surface area (Å²) in [4.78, 5) is 39.3. The number of aliphatic carboxylic acids is 2. The topological polar surface area (TPSA) is 111 Å². The van der Waals surface area contributed by atoms with E-state index in [1.165, 1.54) is 11.1 Å². The van der Waals surface area contributed by atoms with Crippen LogP contribution >= 0.6 is 0 Å². The summed E-state index contributed by atoms with van der Waals surface area (Å²) < 4.78 is 0. The number of aromatic nitrogens is 1. The Morgan fingerprint density at radius 3 is 2.13 bits per heavy atom. The summed E-state index contributed by atoms with van der Waals surface area (Å²) in [5.41, 5.74) is 2.42. The van der Waals surface area contributed by atoms with Gasteiger partial charge in [0.2, 0.25) is 5.91 Å². The predicted molar refractivity (Wildman–Crippen MR) is 110 cm³/mol. The number of hydrogen-bond donors (Lipinski definition) is 2. The maximum atomic E-state index is 12.7. The SMILES string of the molecule is CN(Cc1ccccc1)C(=O)C1CCN(Cc2cccnc2)CC1.O=C(O)C(=O)O. The first kappa shape index (κ1) is 23.0. The van der Waals surface area contributed by atoms with Gasteiger partial charge < -0.3 is 15.1 Å². The molecule has 1 aliphatic rings. The number of likely N-dealkylation sites (tertiary alicyclic amines) is 1. The van der Waals surface area contributed by atoms with Gasteiger partial charge in [0.25, 0.3) is 0 Å². The van der Waals surface area contributed by atoms with E-state index in [0.717, 1.165) is 32.5 Å². The van der Waals surface area contributed by atoms with E-state index in [9.17, 15) is 4.79 Å². The highest BCUT2D eigenvalue weighted by Crippen LogP contribution is 2.21. The van der Waals surface area contributed by atoms with Crippen LogP contribution in [0.3, 0.4) is 0 Å². The summed E-state index contributed by atoms with van der Waals surface area (Å²) >= 11 is 0. The molecule has 0 spiro atoms. The summed E-state index contributed by atoms with van der Waals surface area (Å²) in [6, 6.07) is 14.3. The van der Waals surface area contributed by atoms with E-state index in [1.807, 2.05) is 42.4 Å². The molecule has 1 aromatic heterocycles. The van der Waals surface area contributed by atoms with Gasteiger partial charge in [0, 0.05) is 38.4 Å². The number of benzene rings is 1. The van der Waals surface area contributed by atoms with Gasteiger partial charge in [-0.15, -0.1) is 0 Å². The van der Waals surface area contributed by atoms with E-state index in [-0.39, 0.29) is 11.8 Å².